The third-order valence-corrected chi connectivity index (χ3v) is 5.06. The molecule has 5 rings (SSSR count). The van der Waals surface area contributed by atoms with Crippen molar-refractivity contribution in [1.29, 1.82) is 0 Å². The van der Waals surface area contributed by atoms with Gasteiger partial charge in [0.15, 0.2) is 0 Å². The average Bonchev–Trinajstić information content (AvgIpc) is 3.09. The second-order valence-corrected chi connectivity index (χ2v) is 6.14. The molecule has 0 N–H and O–H groups in total. The molecular formula is C21H16N2. The number of fused-ring (bicyclic) bond motifs is 5. The van der Waals surface area contributed by atoms with E-state index < -0.39 is 0 Å². The van der Waals surface area contributed by atoms with Gasteiger partial charge in [-0.05, 0) is 23.3 Å². The number of benzene rings is 3. The van der Waals surface area contributed by atoms with Gasteiger partial charge in [0.2, 0.25) is 0 Å². The van der Waals surface area contributed by atoms with Gasteiger partial charge in [-0.3, -0.25) is 0 Å². The van der Waals surface area contributed by atoms with Crippen LogP contribution in [-0.2, 0) is 5.41 Å². The molecule has 0 radical (unpaired) electrons. The van der Waals surface area contributed by atoms with Crippen molar-refractivity contribution in [2.24, 2.45) is 4.99 Å². The van der Waals surface area contributed by atoms with Gasteiger partial charge in [-0.2, -0.15) is 0 Å². The molecule has 2 aliphatic rings. The standard InChI is InChI=1S/C21H16N2/c1-23-19-14-8-6-12-17(19)21(15-9-3-2-4-10-15)16-11-5-7-13-18(16)22-20(21)23/h2-14H,1H3/t21-/m1/s1. The third-order valence-electron chi connectivity index (χ3n) is 5.06. The number of nitrogens with zero attached hydrogens (tertiary/aromatic N) is 2. The minimum absolute atomic E-state index is 0.288. The van der Waals surface area contributed by atoms with Gasteiger partial charge in [0.25, 0.3) is 0 Å². The number of amidine groups is 1. The van der Waals surface area contributed by atoms with Crippen molar-refractivity contribution in [3.05, 3.63) is 95.6 Å². The lowest BCUT2D eigenvalue weighted by molar-refractivity contribution is 0.869. The third kappa shape index (κ3) is 1.41. The summed E-state index contributed by atoms with van der Waals surface area (Å²) in [6.07, 6.45) is 0. The van der Waals surface area contributed by atoms with Crippen LogP contribution in [0.1, 0.15) is 16.7 Å². The van der Waals surface area contributed by atoms with Crippen molar-refractivity contribution in [2.45, 2.75) is 5.41 Å². The maximum atomic E-state index is 5.00. The second kappa shape index (κ2) is 4.32. The zero-order valence-corrected chi connectivity index (χ0v) is 12.9. The van der Waals surface area contributed by atoms with Gasteiger partial charge in [-0.1, -0.05) is 66.7 Å². The highest BCUT2D eigenvalue weighted by molar-refractivity contribution is 6.19. The van der Waals surface area contributed by atoms with Crippen LogP contribution in [0.15, 0.2) is 83.9 Å². The molecule has 2 aliphatic heterocycles. The lowest BCUT2D eigenvalue weighted by atomic mass is 9.71. The van der Waals surface area contributed by atoms with Crippen LogP contribution < -0.4 is 4.90 Å². The fourth-order valence-electron chi connectivity index (χ4n) is 4.12. The molecule has 1 atom stereocenters. The summed E-state index contributed by atoms with van der Waals surface area (Å²) in [4.78, 5) is 7.24. The van der Waals surface area contributed by atoms with Crippen molar-refractivity contribution in [3.8, 4) is 0 Å². The van der Waals surface area contributed by atoms with E-state index >= 15 is 0 Å². The van der Waals surface area contributed by atoms with Gasteiger partial charge >= 0.3 is 0 Å². The van der Waals surface area contributed by atoms with Crippen LogP contribution in [0, 0.1) is 0 Å². The van der Waals surface area contributed by atoms with Crippen LogP contribution in [0.2, 0.25) is 0 Å². The number of hydrogen-bond acceptors (Lipinski definition) is 2. The molecule has 0 spiro atoms. The van der Waals surface area contributed by atoms with E-state index in [1.165, 1.54) is 22.4 Å². The second-order valence-electron chi connectivity index (χ2n) is 6.14. The van der Waals surface area contributed by atoms with Crippen LogP contribution in [0.4, 0.5) is 11.4 Å². The molecule has 0 fully saturated rings. The fraction of sp³-hybridized carbons (Fsp3) is 0.0952. The first kappa shape index (κ1) is 12.7. The smallest absolute Gasteiger partial charge is 0.129 e. The van der Waals surface area contributed by atoms with Crippen LogP contribution in [-0.4, -0.2) is 12.9 Å². The maximum absolute atomic E-state index is 5.00. The van der Waals surface area contributed by atoms with Crippen LogP contribution in [0.5, 0.6) is 0 Å². The molecule has 0 aliphatic carbocycles. The van der Waals surface area contributed by atoms with Gasteiger partial charge in [0.05, 0.1) is 5.69 Å². The van der Waals surface area contributed by atoms with Gasteiger partial charge in [0.1, 0.15) is 11.3 Å². The summed E-state index contributed by atoms with van der Waals surface area (Å²) in [6, 6.07) is 27.9. The highest BCUT2D eigenvalue weighted by Crippen LogP contribution is 2.56. The summed E-state index contributed by atoms with van der Waals surface area (Å²) in [7, 11) is 2.12. The first-order chi connectivity index (χ1) is 11.3. The molecule has 2 heterocycles. The highest BCUT2D eigenvalue weighted by Gasteiger charge is 2.53. The van der Waals surface area contributed by atoms with Crippen molar-refractivity contribution >= 4 is 17.2 Å². The number of likely N-dealkylation sites (N-methyl/N-ethyl adjacent to an activating group) is 1. The van der Waals surface area contributed by atoms with Crippen molar-refractivity contribution in [2.75, 3.05) is 11.9 Å². The molecular weight excluding hydrogens is 280 g/mol. The molecule has 0 bridgehead atoms. The largest absolute Gasteiger partial charge is 0.331 e. The summed E-state index contributed by atoms with van der Waals surface area (Å²) in [5, 5.41) is 0. The lowest BCUT2D eigenvalue weighted by Crippen LogP contribution is -2.38. The first-order valence-electron chi connectivity index (χ1n) is 7.91. The number of para-hydroxylation sites is 2. The van der Waals surface area contributed by atoms with Crippen LogP contribution in [0.25, 0.3) is 0 Å². The molecule has 110 valence electrons. The van der Waals surface area contributed by atoms with Gasteiger partial charge in [-0.25, -0.2) is 4.99 Å². The molecule has 0 amide bonds. The molecule has 2 nitrogen and oxygen atoms in total. The number of aliphatic imine (C=N–C) groups is 1. The van der Waals surface area contributed by atoms with E-state index in [1.54, 1.807) is 0 Å². The van der Waals surface area contributed by atoms with Crippen molar-refractivity contribution in [3.63, 3.8) is 0 Å². The lowest BCUT2D eigenvalue weighted by Gasteiger charge is -2.28. The summed E-state index contributed by atoms with van der Waals surface area (Å²) >= 11 is 0. The molecule has 23 heavy (non-hydrogen) atoms. The molecule has 3 aromatic carbocycles. The van der Waals surface area contributed by atoms with E-state index in [-0.39, 0.29) is 5.41 Å². The summed E-state index contributed by atoms with van der Waals surface area (Å²) in [5.41, 5.74) is 5.90. The van der Waals surface area contributed by atoms with Gasteiger partial charge in [0, 0.05) is 18.3 Å². The van der Waals surface area contributed by atoms with Crippen LogP contribution >= 0.6 is 0 Å². The summed E-state index contributed by atoms with van der Waals surface area (Å²) in [5.74, 6) is 1.10. The fourth-order valence-corrected chi connectivity index (χ4v) is 4.12. The Bertz CT molecular complexity index is 943. The Morgan fingerprint density at radius 2 is 1.39 bits per heavy atom. The van der Waals surface area contributed by atoms with E-state index in [4.69, 9.17) is 4.99 Å². The first-order valence-corrected chi connectivity index (χ1v) is 7.91. The van der Waals surface area contributed by atoms with E-state index in [9.17, 15) is 0 Å². The summed E-state index contributed by atoms with van der Waals surface area (Å²) in [6.45, 7) is 0. The Balaban J connectivity index is 1.95. The zero-order valence-electron chi connectivity index (χ0n) is 12.9. The Morgan fingerprint density at radius 1 is 0.739 bits per heavy atom. The zero-order chi connectivity index (χ0) is 15.4. The molecule has 2 heteroatoms. The maximum Gasteiger partial charge on any atom is 0.129 e. The Labute approximate surface area is 135 Å². The van der Waals surface area contributed by atoms with E-state index in [0.29, 0.717) is 0 Å². The van der Waals surface area contributed by atoms with Crippen LogP contribution in [0.3, 0.4) is 0 Å². The minimum Gasteiger partial charge on any atom is -0.331 e. The number of rotatable bonds is 1. The SMILES string of the molecule is CN1C2=Nc3ccccc3[C@]2(c2ccccc2)c2ccccc21. The van der Waals surface area contributed by atoms with E-state index in [2.05, 4.69) is 90.8 Å². The molecule has 3 aromatic rings. The topological polar surface area (TPSA) is 15.6 Å². The highest BCUT2D eigenvalue weighted by atomic mass is 15.2. The predicted octanol–water partition coefficient (Wildman–Crippen LogP) is 4.51. The summed E-state index contributed by atoms with van der Waals surface area (Å²) < 4.78 is 0. The molecule has 0 aromatic heterocycles. The van der Waals surface area contributed by atoms with Gasteiger partial charge < -0.3 is 4.90 Å². The Kier molecular flexibility index (Phi) is 2.38. The monoisotopic (exact) mass is 296 g/mol. The molecule has 0 saturated heterocycles. The quantitative estimate of drug-likeness (QED) is 0.645. The van der Waals surface area contributed by atoms with E-state index in [0.717, 1.165) is 11.5 Å². The number of anilines is 1. The minimum atomic E-state index is -0.288. The predicted molar refractivity (Wildman–Crippen MR) is 94.7 cm³/mol. The Hall–Kier alpha value is -2.87. The number of hydrogen-bond donors (Lipinski definition) is 0. The normalized spacial score (nSPS) is 20.7. The van der Waals surface area contributed by atoms with Crippen molar-refractivity contribution < 1.29 is 0 Å². The Morgan fingerprint density at radius 3 is 2.22 bits per heavy atom. The van der Waals surface area contributed by atoms with Gasteiger partial charge in [-0.15, -0.1) is 0 Å². The molecule has 0 saturated carbocycles. The average molecular weight is 296 g/mol. The van der Waals surface area contributed by atoms with E-state index in [1.807, 2.05) is 0 Å². The van der Waals surface area contributed by atoms with Crippen molar-refractivity contribution in [1.82, 2.24) is 0 Å². The molecule has 0 unspecified atom stereocenters.